The second-order valence-corrected chi connectivity index (χ2v) is 6.36. The van der Waals surface area contributed by atoms with Crippen LogP contribution in [0, 0.1) is 0 Å². The molecule has 0 spiro atoms. The van der Waals surface area contributed by atoms with Gasteiger partial charge in [-0.1, -0.05) is 30.3 Å². The lowest BCUT2D eigenvalue weighted by Gasteiger charge is -2.22. The number of rotatable bonds is 5. The van der Waals surface area contributed by atoms with Crippen LogP contribution in [0.5, 0.6) is 0 Å². The van der Waals surface area contributed by atoms with E-state index in [4.69, 9.17) is 4.74 Å². The van der Waals surface area contributed by atoms with Gasteiger partial charge in [-0.05, 0) is 24.1 Å². The van der Waals surface area contributed by atoms with Crippen LogP contribution in [0.4, 0.5) is 0 Å². The molecule has 3 rings (SSSR count). The van der Waals surface area contributed by atoms with Gasteiger partial charge >= 0.3 is 0 Å². The summed E-state index contributed by atoms with van der Waals surface area (Å²) in [4.78, 5) is 20.7. The molecular formula is C20H25N3O2. The lowest BCUT2D eigenvalue weighted by atomic mass is 10.1. The molecule has 5 nitrogen and oxygen atoms in total. The molecule has 132 valence electrons. The van der Waals surface area contributed by atoms with Crippen LogP contribution in [0.15, 0.2) is 48.7 Å². The van der Waals surface area contributed by atoms with E-state index in [9.17, 15) is 4.79 Å². The number of nitrogens with zero attached hydrogens (tertiary/aromatic N) is 3. The summed E-state index contributed by atoms with van der Waals surface area (Å²) in [5, 5.41) is 0. The zero-order chi connectivity index (χ0) is 17.5. The molecular weight excluding hydrogens is 314 g/mol. The number of ether oxygens (including phenoxy) is 1. The first-order valence-corrected chi connectivity index (χ1v) is 8.75. The fourth-order valence-electron chi connectivity index (χ4n) is 3.17. The third kappa shape index (κ3) is 4.87. The number of amides is 1. The Kier molecular flexibility index (Phi) is 6.14. The van der Waals surface area contributed by atoms with Crippen LogP contribution in [-0.2, 0) is 16.1 Å². The normalized spacial score (nSPS) is 15.8. The third-order valence-corrected chi connectivity index (χ3v) is 4.53. The van der Waals surface area contributed by atoms with Gasteiger partial charge in [0, 0.05) is 51.6 Å². The van der Waals surface area contributed by atoms with Crippen molar-refractivity contribution in [3.63, 3.8) is 0 Å². The minimum Gasteiger partial charge on any atom is -0.375 e. The molecule has 0 aliphatic carbocycles. The van der Waals surface area contributed by atoms with Crippen molar-refractivity contribution in [2.24, 2.45) is 0 Å². The van der Waals surface area contributed by atoms with Gasteiger partial charge in [0.2, 0.25) is 5.91 Å². The Morgan fingerprint density at radius 3 is 2.64 bits per heavy atom. The Morgan fingerprint density at radius 2 is 1.92 bits per heavy atom. The standard InChI is InChI=1S/C20H25N3O2/c1-25-16-20(24)23-12-4-11-22(13-14-23)15-17-6-8-18(9-7-17)19-5-2-3-10-21-19/h2-3,5-10H,4,11-16H2,1H3. The fourth-order valence-corrected chi connectivity index (χ4v) is 3.17. The van der Waals surface area contributed by atoms with E-state index < -0.39 is 0 Å². The van der Waals surface area contributed by atoms with Gasteiger partial charge in [-0.2, -0.15) is 0 Å². The Labute approximate surface area is 149 Å². The number of benzene rings is 1. The van der Waals surface area contributed by atoms with Gasteiger partial charge in [0.05, 0.1) is 5.69 Å². The molecule has 0 atom stereocenters. The zero-order valence-electron chi connectivity index (χ0n) is 14.7. The number of carbonyl (C=O) groups is 1. The summed E-state index contributed by atoms with van der Waals surface area (Å²) in [7, 11) is 1.57. The molecule has 1 aliphatic rings. The predicted octanol–water partition coefficient (Wildman–Crippen LogP) is 2.43. The molecule has 0 saturated carbocycles. The highest BCUT2D eigenvalue weighted by atomic mass is 16.5. The molecule has 2 aromatic rings. The molecule has 0 unspecified atom stereocenters. The van der Waals surface area contributed by atoms with E-state index in [-0.39, 0.29) is 12.5 Å². The minimum atomic E-state index is 0.0871. The van der Waals surface area contributed by atoms with Gasteiger partial charge in [-0.25, -0.2) is 0 Å². The number of methoxy groups -OCH3 is 1. The highest BCUT2D eigenvalue weighted by Gasteiger charge is 2.18. The van der Waals surface area contributed by atoms with E-state index in [1.807, 2.05) is 29.3 Å². The largest absolute Gasteiger partial charge is 0.375 e. The topological polar surface area (TPSA) is 45.7 Å². The molecule has 5 heteroatoms. The summed E-state index contributed by atoms with van der Waals surface area (Å²) >= 11 is 0. The van der Waals surface area contributed by atoms with E-state index >= 15 is 0 Å². The van der Waals surface area contributed by atoms with Crippen molar-refractivity contribution in [3.05, 3.63) is 54.2 Å². The maximum Gasteiger partial charge on any atom is 0.248 e. The maximum absolute atomic E-state index is 12.0. The smallest absolute Gasteiger partial charge is 0.248 e. The van der Waals surface area contributed by atoms with Gasteiger partial charge < -0.3 is 9.64 Å². The molecule has 1 aromatic heterocycles. The average Bonchev–Trinajstić information content (AvgIpc) is 2.89. The van der Waals surface area contributed by atoms with Gasteiger partial charge in [0.1, 0.15) is 6.61 Å². The highest BCUT2D eigenvalue weighted by Crippen LogP contribution is 2.18. The Morgan fingerprint density at radius 1 is 1.08 bits per heavy atom. The first-order chi connectivity index (χ1) is 12.3. The van der Waals surface area contributed by atoms with E-state index in [0.717, 1.165) is 50.4 Å². The summed E-state index contributed by atoms with van der Waals surface area (Å²) < 4.78 is 4.96. The molecule has 0 N–H and O–H groups in total. The molecule has 1 amide bonds. The van der Waals surface area contributed by atoms with Crippen molar-refractivity contribution >= 4 is 5.91 Å². The summed E-state index contributed by atoms with van der Waals surface area (Å²) in [5.74, 6) is 0.0871. The van der Waals surface area contributed by atoms with Crippen LogP contribution < -0.4 is 0 Å². The van der Waals surface area contributed by atoms with Gasteiger partial charge in [0.25, 0.3) is 0 Å². The van der Waals surface area contributed by atoms with Crippen molar-refractivity contribution in [2.45, 2.75) is 13.0 Å². The molecule has 1 aromatic carbocycles. The van der Waals surface area contributed by atoms with Crippen LogP contribution in [0.2, 0.25) is 0 Å². The number of aromatic nitrogens is 1. The van der Waals surface area contributed by atoms with Crippen LogP contribution in [-0.4, -0.2) is 60.6 Å². The number of hydrogen-bond donors (Lipinski definition) is 0. The Bertz CT molecular complexity index is 673. The van der Waals surface area contributed by atoms with Crippen molar-refractivity contribution in [1.29, 1.82) is 0 Å². The van der Waals surface area contributed by atoms with Crippen molar-refractivity contribution in [1.82, 2.24) is 14.8 Å². The molecule has 1 fully saturated rings. The van der Waals surface area contributed by atoms with E-state index in [1.54, 1.807) is 7.11 Å². The highest BCUT2D eigenvalue weighted by molar-refractivity contribution is 5.77. The molecule has 25 heavy (non-hydrogen) atoms. The van der Waals surface area contributed by atoms with Crippen molar-refractivity contribution < 1.29 is 9.53 Å². The van der Waals surface area contributed by atoms with Gasteiger partial charge in [0.15, 0.2) is 0 Å². The monoisotopic (exact) mass is 339 g/mol. The third-order valence-electron chi connectivity index (χ3n) is 4.53. The molecule has 2 heterocycles. The summed E-state index contributed by atoms with van der Waals surface area (Å²) in [6, 6.07) is 14.6. The minimum absolute atomic E-state index is 0.0871. The molecule has 0 radical (unpaired) electrons. The molecule has 1 aliphatic heterocycles. The van der Waals surface area contributed by atoms with Crippen LogP contribution in [0.25, 0.3) is 11.3 Å². The number of carbonyl (C=O) groups excluding carboxylic acids is 1. The van der Waals surface area contributed by atoms with Crippen molar-refractivity contribution in [2.75, 3.05) is 39.9 Å². The molecule has 0 bridgehead atoms. The summed E-state index contributed by atoms with van der Waals surface area (Å²) in [5.41, 5.74) is 3.42. The van der Waals surface area contributed by atoms with Crippen LogP contribution >= 0.6 is 0 Å². The summed E-state index contributed by atoms with van der Waals surface area (Å²) in [6.45, 7) is 4.59. The Hall–Kier alpha value is -2.24. The SMILES string of the molecule is COCC(=O)N1CCCN(Cc2ccc(-c3ccccn3)cc2)CC1. The van der Waals surface area contributed by atoms with E-state index in [0.29, 0.717) is 0 Å². The quantitative estimate of drug-likeness (QED) is 0.839. The average molecular weight is 339 g/mol. The first kappa shape index (κ1) is 17.6. The first-order valence-electron chi connectivity index (χ1n) is 8.75. The van der Waals surface area contributed by atoms with E-state index in [1.165, 1.54) is 5.56 Å². The zero-order valence-corrected chi connectivity index (χ0v) is 14.7. The van der Waals surface area contributed by atoms with Crippen LogP contribution in [0.1, 0.15) is 12.0 Å². The van der Waals surface area contributed by atoms with E-state index in [2.05, 4.69) is 34.1 Å². The Balaban J connectivity index is 1.56. The second kappa shape index (κ2) is 8.74. The fraction of sp³-hybridized carbons (Fsp3) is 0.400. The lowest BCUT2D eigenvalue weighted by molar-refractivity contribution is -0.135. The summed E-state index contributed by atoms with van der Waals surface area (Å²) in [6.07, 6.45) is 2.82. The molecule has 1 saturated heterocycles. The van der Waals surface area contributed by atoms with Gasteiger partial charge in [-0.15, -0.1) is 0 Å². The van der Waals surface area contributed by atoms with Crippen molar-refractivity contribution in [3.8, 4) is 11.3 Å². The second-order valence-electron chi connectivity index (χ2n) is 6.36. The maximum atomic E-state index is 12.0. The van der Waals surface area contributed by atoms with Gasteiger partial charge in [-0.3, -0.25) is 14.7 Å². The number of pyridine rings is 1. The van der Waals surface area contributed by atoms with Crippen LogP contribution in [0.3, 0.4) is 0 Å². The lowest BCUT2D eigenvalue weighted by Crippen LogP contribution is -2.37. The predicted molar refractivity (Wildman–Crippen MR) is 98.0 cm³/mol. The number of hydrogen-bond acceptors (Lipinski definition) is 4.